The molecule has 0 saturated carbocycles. The van der Waals surface area contributed by atoms with Crippen molar-refractivity contribution in [3.63, 3.8) is 0 Å². The van der Waals surface area contributed by atoms with Gasteiger partial charge in [-0.3, -0.25) is 10.1 Å². The Morgan fingerprint density at radius 1 is 1.45 bits per heavy atom. The van der Waals surface area contributed by atoms with Crippen molar-refractivity contribution < 1.29 is 14.5 Å². The van der Waals surface area contributed by atoms with Crippen LogP contribution in [0.25, 0.3) is 10.9 Å². The molecule has 0 aliphatic heterocycles. The van der Waals surface area contributed by atoms with Crippen molar-refractivity contribution in [2.45, 2.75) is 32.2 Å². The SMILES string of the molecule is CCOC(=O)C(CC)(Cc1c[nH]c2ccc(Br)cc12)[N+](=O)[O-]. The van der Waals surface area contributed by atoms with Crippen molar-refractivity contribution in [1.82, 2.24) is 4.98 Å². The van der Waals surface area contributed by atoms with Crippen LogP contribution in [0.2, 0.25) is 0 Å². The number of benzene rings is 1. The Kier molecular flexibility index (Phi) is 4.85. The van der Waals surface area contributed by atoms with E-state index in [0.29, 0.717) is 0 Å². The molecule has 0 radical (unpaired) electrons. The highest BCUT2D eigenvalue weighted by atomic mass is 79.9. The lowest BCUT2D eigenvalue weighted by atomic mass is 9.88. The molecule has 7 heteroatoms. The number of esters is 1. The van der Waals surface area contributed by atoms with Gasteiger partial charge in [0, 0.05) is 32.9 Å². The topological polar surface area (TPSA) is 85.2 Å². The fourth-order valence-corrected chi connectivity index (χ4v) is 2.85. The maximum atomic E-state index is 12.2. The first-order valence-electron chi connectivity index (χ1n) is 7.01. The first kappa shape index (κ1) is 16.5. The summed E-state index contributed by atoms with van der Waals surface area (Å²) in [5.74, 6) is -0.785. The fourth-order valence-electron chi connectivity index (χ4n) is 2.49. The van der Waals surface area contributed by atoms with Gasteiger partial charge in [-0.25, -0.2) is 4.79 Å². The zero-order chi connectivity index (χ0) is 16.3. The Bertz CT molecular complexity index is 713. The molecule has 2 aromatic rings. The predicted molar refractivity (Wildman–Crippen MR) is 86.4 cm³/mol. The number of carbonyl (C=O) groups excluding carboxylic acids is 1. The van der Waals surface area contributed by atoms with Crippen LogP contribution < -0.4 is 0 Å². The van der Waals surface area contributed by atoms with Crippen molar-refractivity contribution >= 4 is 32.8 Å². The number of aromatic amines is 1. The van der Waals surface area contributed by atoms with E-state index in [2.05, 4.69) is 20.9 Å². The average Bonchev–Trinajstić information content (AvgIpc) is 2.86. The summed E-state index contributed by atoms with van der Waals surface area (Å²) < 4.78 is 5.82. The standard InChI is InChI=1S/C15H17BrN2O4/c1-3-15(18(20)21,14(19)22-4-2)8-10-9-17-13-6-5-11(16)7-12(10)13/h5-7,9,17H,3-4,8H2,1-2H3. The zero-order valence-corrected chi connectivity index (χ0v) is 14.0. The summed E-state index contributed by atoms with van der Waals surface area (Å²) in [5.41, 5.74) is -0.161. The van der Waals surface area contributed by atoms with Crippen LogP contribution in [0, 0.1) is 10.1 Å². The molecule has 1 atom stereocenters. The second kappa shape index (κ2) is 6.48. The number of hydrogen-bond acceptors (Lipinski definition) is 4. The summed E-state index contributed by atoms with van der Waals surface area (Å²) in [6, 6.07) is 5.65. The second-order valence-electron chi connectivity index (χ2n) is 5.04. The van der Waals surface area contributed by atoms with E-state index in [-0.39, 0.29) is 19.4 Å². The van der Waals surface area contributed by atoms with Crippen LogP contribution in [0.1, 0.15) is 25.8 Å². The van der Waals surface area contributed by atoms with E-state index in [1.54, 1.807) is 20.0 Å². The smallest absolute Gasteiger partial charge is 0.385 e. The van der Waals surface area contributed by atoms with Crippen LogP contribution in [0.3, 0.4) is 0 Å². The van der Waals surface area contributed by atoms with Gasteiger partial charge in [-0.1, -0.05) is 22.9 Å². The lowest BCUT2D eigenvalue weighted by Gasteiger charge is -2.21. The van der Waals surface area contributed by atoms with Crippen molar-refractivity contribution in [3.8, 4) is 0 Å². The Balaban J connectivity index is 2.47. The molecule has 1 heterocycles. The summed E-state index contributed by atoms with van der Waals surface area (Å²) in [5, 5.41) is 12.4. The molecular weight excluding hydrogens is 352 g/mol. The van der Waals surface area contributed by atoms with Gasteiger partial charge in [0.25, 0.3) is 0 Å². The van der Waals surface area contributed by atoms with Gasteiger partial charge in [0.2, 0.25) is 0 Å². The largest absolute Gasteiger partial charge is 0.461 e. The molecular formula is C15H17BrN2O4. The van der Waals surface area contributed by atoms with Gasteiger partial charge < -0.3 is 9.72 Å². The number of carbonyl (C=O) groups is 1. The molecule has 0 aliphatic carbocycles. The highest BCUT2D eigenvalue weighted by molar-refractivity contribution is 9.10. The molecule has 1 N–H and O–H groups in total. The molecule has 0 bridgehead atoms. The van der Waals surface area contributed by atoms with E-state index in [1.165, 1.54) is 0 Å². The Hall–Kier alpha value is -1.89. The predicted octanol–water partition coefficient (Wildman–Crippen LogP) is 3.46. The molecule has 1 aromatic carbocycles. The van der Waals surface area contributed by atoms with Gasteiger partial charge >= 0.3 is 11.5 Å². The van der Waals surface area contributed by atoms with Crippen LogP contribution in [-0.2, 0) is 16.0 Å². The third-order valence-electron chi connectivity index (χ3n) is 3.80. The van der Waals surface area contributed by atoms with E-state index in [4.69, 9.17) is 4.74 Å². The van der Waals surface area contributed by atoms with E-state index < -0.39 is 16.4 Å². The van der Waals surface area contributed by atoms with E-state index in [1.807, 2.05) is 18.2 Å². The van der Waals surface area contributed by atoms with Gasteiger partial charge in [-0.05, 0) is 30.7 Å². The van der Waals surface area contributed by atoms with E-state index >= 15 is 0 Å². The lowest BCUT2D eigenvalue weighted by Crippen LogP contribution is -2.49. The second-order valence-corrected chi connectivity index (χ2v) is 5.96. The number of H-pyrrole nitrogens is 1. The van der Waals surface area contributed by atoms with Gasteiger partial charge in [0.1, 0.15) is 0 Å². The number of nitro groups is 1. The summed E-state index contributed by atoms with van der Waals surface area (Å²) >= 11 is 3.39. The maximum absolute atomic E-state index is 12.2. The van der Waals surface area contributed by atoms with Crippen LogP contribution in [0.4, 0.5) is 0 Å². The van der Waals surface area contributed by atoms with E-state index in [9.17, 15) is 14.9 Å². The number of rotatable bonds is 6. The van der Waals surface area contributed by atoms with E-state index in [0.717, 1.165) is 20.9 Å². The van der Waals surface area contributed by atoms with Gasteiger partial charge in [-0.15, -0.1) is 0 Å². The maximum Gasteiger partial charge on any atom is 0.385 e. The number of hydrogen-bond donors (Lipinski definition) is 1. The Morgan fingerprint density at radius 3 is 2.77 bits per heavy atom. The molecule has 2 rings (SSSR count). The first-order valence-corrected chi connectivity index (χ1v) is 7.81. The molecule has 0 amide bonds. The van der Waals surface area contributed by atoms with Crippen molar-refractivity contribution in [3.05, 3.63) is 44.5 Å². The third kappa shape index (κ3) is 2.85. The number of nitrogens with one attached hydrogen (secondary N) is 1. The van der Waals surface area contributed by atoms with Gasteiger partial charge in [0.15, 0.2) is 0 Å². The molecule has 118 valence electrons. The molecule has 1 unspecified atom stereocenters. The molecule has 0 saturated heterocycles. The van der Waals surface area contributed by atoms with Crippen molar-refractivity contribution in [2.24, 2.45) is 0 Å². The molecule has 6 nitrogen and oxygen atoms in total. The van der Waals surface area contributed by atoms with Crippen LogP contribution in [-0.4, -0.2) is 28.0 Å². The average molecular weight is 369 g/mol. The minimum atomic E-state index is -1.76. The van der Waals surface area contributed by atoms with Crippen LogP contribution in [0.15, 0.2) is 28.9 Å². The highest BCUT2D eigenvalue weighted by Gasteiger charge is 2.51. The van der Waals surface area contributed by atoms with Gasteiger partial charge in [-0.2, -0.15) is 0 Å². The number of ether oxygens (including phenoxy) is 1. The zero-order valence-electron chi connectivity index (χ0n) is 12.4. The summed E-state index contributed by atoms with van der Waals surface area (Å²) in [7, 11) is 0. The number of aromatic nitrogens is 1. The first-order chi connectivity index (χ1) is 10.4. The summed E-state index contributed by atoms with van der Waals surface area (Å²) in [6.07, 6.45) is 1.77. The lowest BCUT2D eigenvalue weighted by molar-refractivity contribution is -0.555. The normalized spacial score (nSPS) is 13.8. The Labute approximate surface area is 136 Å². The van der Waals surface area contributed by atoms with Crippen molar-refractivity contribution in [1.29, 1.82) is 0 Å². The van der Waals surface area contributed by atoms with Crippen molar-refractivity contribution in [2.75, 3.05) is 6.61 Å². The quantitative estimate of drug-likeness (QED) is 0.480. The molecule has 1 aromatic heterocycles. The number of nitrogens with zero attached hydrogens (tertiary/aromatic N) is 1. The fraction of sp³-hybridized carbons (Fsp3) is 0.400. The van der Waals surface area contributed by atoms with Gasteiger partial charge in [0.05, 0.1) is 13.0 Å². The molecule has 0 aliphatic rings. The van der Waals surface area contributed by atoms with Crippen LogP contribution >= 0.6 is 15.9 Å². The molecule has 22 heavy (non-hydrogen) atoms. The molecule has 0 spiro atoms. The summed E-state index contributed by atoms with van der Waals surface area (Å²) in [4.78, 5) is 26.3. The molecule has 0 fully saturated rings. The number of halogens is 1. The highest BCUT2D eigenvalue weighted by Crippen LogP contribution is 2.29. The number of fused-ring (bicyclic) bond motifs is 1. The summed E-state index contributed by atoms with van der Waals surface area (Å²) in [6.45, 7) is 3.39. The Morgan fingerprint density at radius 2 is 2.18 bits per heavy atom. The minimum Gasteiger partial charge on any atom is -0.461 e. The minimum absolute atomic E-state index is 0.00815. The monoisotopic (exact) mass is 368 g/mol. The van der Waals surface area contributed by atoms with Crippen LogP contribution in [0.5, 0.6) is 0 Å². The third-order valence-corrected chi connectivity index (χ3v) is 4.30.